The van der Waals surface area contributed by atoms with E-state index in [1.165, 1.54) is 5.56 Å². The van der Waals surface area contributed by atoms with Crippen LogP contribution in [-0.2, 0) is 0 Å². The molecule has 0 radical (unpaired) electrons. The normalized spacial score (nSPS) is 10.5. The van der Waals surface area contributed by atoms with Crippen LogP contribution in [0.2, 0.25) is 0 Å². The molecule has 1 heterocycles. The molecule has 1 amide bonds. The number of rotatable bonds is 3. The molecule has 0 N–H and O–H groups in total. The summed E-state index contributed by atoms with van der Waals surface area (Å²) in [5.74, 6) is 0.448. The maximum Gasteiger partial charge on any atom is 0.258 e. The third-order valence-corrected chi connectivity index (χ3v) is 3.16. The number of carbonyl (C=O) groups excluding carboxylic acids is 1. The highest BCUT2D eigenvalue weighted by molar-refractivity contribution is 6.05. The van der Waals surface area contributed by atoms with Gasteiger partial charge in [-0.15, -0.1) is 0 Å². The zero-order valence-corrected chi connectivity index (χ0v) is 11.5. The van der Waals surface area contributed by atoms with Gasteiger partial charge >= 0.3 is 0 Å². The Hall–Kier alpha value is -2.16. The van der Waals surface area contributed by atoms with Gasteiger partial charge in [-0.25, -0.2) is 0 Å². The highest BCUT2D eigenvalue weighted by Gasteiger charge is 2.13. The van der Waals surface area contributed by atoms with Crippen molar-refractivity contribution >= 4 is 11.6 Å². The first-order chi connectivity index (χ1) is 9.09. The lowest BCUT2D eigenvalue weighted by Gasteiger charge is -2.17. The van der Waals surface area contributed by atoms with Gasteiger partial charge in [0.25, 0.3) is 5.91 Å². The molecule has 3 nitrogen and oxygen atoms in total. The summed E-state index contributed by atoms with van der Waals surface area (Å²) in [5, 5.41) is 0. The molecule has 0 aliphatic rings. The number of carbonyl (C=O) groups is 1. The first-order valence-corrected chi connectivity index (χ1v) is 6.37. The van der Waals surface area contributed by atoms with Crippen LogP contribution in [0.1, 0.15) is 35.7 Å². The minimum absolute atomic E-state index is 0.0247. The second-order valence-corrected chi connectivity index (χ2v) is 4.85. The van der Waals surface area contributed by atoms with E-state index in [1.807, 2.05) is 36.4 Å². The molecule has 0 unspecified atom stereocenters. The Morgan fingerprint density at radius 1 is 1.16 bits per heavy atom. The third kappa shape index (κ3) is 2.99. The van der Waals surface area contributed by atoms with Crippen LogP contribution in [0.25, 0.3) is 0 Å². The molecular formula is C16H18N2O. The van der Waals surface area contributed by atoms with Gasteiger partial charge in [0.2, 0.25) is 0 Å². The summed E-state index contributed by atoms with van der Waals surface area (Å²) < 4.78 is 0. The predicted octanol–water partition coefficient (Wildman–Crippen LogP) is 3.48. The highest BCUT2D eigenvalue weighted by atomic mass is 16.2. The Morgan fingerprint density at radius 3 is 2.37 bits per heavy atom. The van der Waals surface area contributed by atoms with E-state index in [2.05, 4.69) is 18.8 Å². The van der Waals surface area contributed by atoms with Crippen molar-refractivity contribution in [3.05, 3.63) is 59.9 Å². The van der Waals surface area contributed by atoms with Gasteiger partial charge < -0.3 is 4.90 Å². The summed E-state index contributed by atoms with van der Waals surface area (Å²) in [7, 11) is 1.76. The highest BCUT2D eigenvalue weighted by Crippen LogP contribution is 2.17. The number of pyridine rings is 1. The molecule has 3 heteroatoms. The number of aromatic nitrogens is 1. The van der Waals surface area contributed by atoms with Crippen LogP contribution in [0.15, 0.2) is 48.8 Å². The standard InChI is InChI=1S/C16H18N2O/c1-12(2)13-6-8-14(9-7-13)16(19)18(3)15-5-4-10-17-11-15/h4-12H,1-3H3. The van der Waals surface area contributed by atoms with Gasteiger partial charge in [-0.05, 0) is 35.7 Å². The number of benzene rings is 1. The molecule has 2 aromatic rings. The first kappa shape index (κ1) is 13.3. The minimum atomic E-state index is -0.0247. The monoisotopic (exact) mass is 254 g/mol. The van der Waals surface area contributed by atoms with Crippen LogP contribution in [0.5, 0.6) is 0 Å². The quantitative estimate of drug-likeness (QED) is 0.840. The van der Waals surface area contributed by atoms with E-state index in [4.69, 9.17) is 0 Å². The topological polar surface area (TPSA) is 33.2 Å². The van der Waals surface area contributed by atoms with E-state index < -0.39 is 0 Å². The maximum absolute atomic E-state index is 12.3. The largest absolute Gasteiger partial charge is 0.310 e. The fourth-order valence-corrected chi connectivity index (χ4v) is 1.87. The number of amides is 1. The molecule has 0 saturated heterocycles. The van der Waals surface area contributed by atoms with E-state index in [-0.39, 0.29) is 5.91 Å². The van der Waals surface area contributed by atoms with Crippen molar-refractivity contribution in [2.75, 3.05) is 11.9 Å². The Bertz CT molecular complexity index is 547. The van der Waals surface area contributed by atoms with E-state index in [0.29, 0.717) is 11.5 Å². The minimum Gasteiger partial charge on any atom is -0.310 e. The lowest BCUT2D eigenvalue weighted by atomic mass is 10.0. The SMILES string of the molecule is CC(C)c1ccc(C(=O)N(C)c2cccnc2)cc1. The van der Waals surface area contributed by atoms with Gasteiger partial charge in [-0.2, -0.15) is 0 Å². The van der Waals surface area contributed by atoms with Crippen molar-refractivity contribution in [1.82, 2.24) is 4.98 Å². The molecule has 0 fully saturated rings. The van der Waals surface area contributed by atoms with Gasteiger partial charge in [0.1, 0.15) is 0 Å². The number of hydrogen-bond acceptors (Lipinski definition) is 2. The summed E-state index contributed by atoms with van der Waals surface area (Å²) in [6.07, 6.45) is 3.37. The zero-order valence-electron chi connectivity index (χ0n) is 11.5. The number of hydrogen-bond donors (Lipinski definition) is 0. The molecule has 19 heavy (non-hydrogen) atoms. The summed E-state index contributed by atoms with van der Waals surface area (Å²) in [5.41, 5.74) is 2.72. The summed E-state index contributed by atoms with van der Waals surface area (Å²) in [6, 6.07) is 11.5. The average Bonchev–Trinajstić information content (AvgIpc) is 2.46. The second-order valence-electron chi connectivity index (χ2n) is 4.85. The Morgan fingerprint density at radius 2 is 1.84 bits per heavy atom. The van der Waals surface area contributed by atoms with Crippen LogP contribution < -0.4 is 4.90 Å². The molecule has 0 bridgehead atoms. The van der Waals surface area contributed by atoms with Gasteiger partial charge in [0.05, 0.1) is 11.9 Å². The van der Waals surface area contributed by atoms with E-state index in [0.717, 1.165) is 5.69 Å². The molecule has 0 spiro atoms. The zero-order chi connectivity index (χ0) is 13.8. The predicted molar refractivity (Wildman–Crippen MR) is 77.5 cm³/mol. The van der Waals surface area contributed by atoms with E-state index >= 15 is 0 Å². The van der Waals surface area contributed by atoms with Gasteiger partial charge in [0, 0.05) is 18.8 Å². The first-order valence-electron chi connectivity index (χ1n) is 6.37. The molecular weight excluding hydrogens is 236 g/mol. The molecule has 0 saturated carbocycles. The number of anilines is 1. The Labute approximate surface area is 113 Å². The average molecular weight is 254 g/mol. The van der Waals surface area contributed by atoms with Crippen molar-refractivity contribution in [3.63, 3.8) is 0 Å². The van der Waals surface area contributed by atoms with Crippen molar-refractivity contribution in [2.45, 2.75) is 19.8 Å². The number of nitrogens with zero attached hydrogens (tertiary/aromatic N) is 2. The van der Waals surface area contributed by atoms with Crippen LogP contribution in [0.3, 0.4) is 0 Å². The van der Waals surface area contributed by atoms with Crippen LogP contribution in [0.4, 0.5) is 5.69 Å². The fraction of sp³-hybridized carbons (Fsp3) is 0.250. The van der Waals surface area contributed by atoms with Gasteiger partial charge in [-0.3, -0.25) is 9.78 Å². The lowest BCUT2D eigenvalue weighted by Crippen LogP contribution is -2.26. The molecule has 0 aliphatic heterocycles. The van der Waals surface area contributed by atoms with Crippen molar-refractivity contribution in [1.29, 1.82) is 0 Å². The third-order valence-electron chi connectivity index (χ3n) is 3.16. The fourth-order valence-electron chi connectivity index (χ4n) is 1.87. The van der Waals surface area contributed by atoms with E-state index in [9.17, 15) is 4.79 Å². The molecule has 1 aromatic carbocycles. The second kappa shape index (κ2) is 5.65. The molecule has 1 aromatic heterocycles. The van der Waals surface area contributed by atoms with Crippen molar-refractivity contribution in [3.8, 4) is 0 Å². The molecule has 0 atom stereocenters. The van der Waals surface area contributed by atoms with Crippen LogP contribution in [0, 0.1) is 0 Å². The summed E-state index contributed by atoms with van der Waals surface area (Å²) in [6.45, 7) is 4.27. The summed E-state index contributed by atoms with van der Waals surface area (Å²) in [4.78, 5) is 18.0. The van der Waals surface area contributed by atoms with Crippen LogP contribution >= 0.6 is 0 Å². The molecule has 0 aliphatic carbocycles. The van der Waals surface area contributed by atoms with Gasteiger partial charge in [0.15, 0.2) is 0 Å². The maximum atomic E-state index is 12.3. The molecule has 98 valence electrons. The van der Waals surface area contributed by atoms with Crippen LogP contribution in [-0.4, -0.2) is 17.9 Å². The van der Waals surface area contributed by atoms with E-state index in [1.54, 1.807) is 24.3 Å². The van der Waals surface area contributed by atoms with Gasteiger partial charge in [-0.1, -0.05) is 26.0 Å². The Balaban J connectivity index is 2.20. The Kier molecular flexibility index (Phi) is 3.95. The smallest absolute Gasteiger partial charge is 0.258 e. The van der Waals surface area contributed by atoms with Crippen molar-refractivity contribution in [2.24, 2.45) is 0 Å². The summed E-state index contributed by atoms with van der Waals surface area (Å²) >= 11 is 0. The molecule has 2 rings (SSSR count). The lowest BCUT2D eigenvalue weighted by molar-refractivity contribution is 0.0993. The van der Waals surface area contributed by atoms with Crippen molar-refractivity contribution < 1.29 is 4.79 Å².